The highest BCUT2D eigenvalue weighted by Gasteiger charge is 2.23. The van der Waals surface area contributed by atoms with E-state index in [9.17, 15) is 9.59 Å². The summed E-state index contributed by atoms with van der Waals surface area (Å²) < 4.78 is 7.81. The molecule has 7 heteroatoms. The minimum atomic E-state index is -0.172. The van der Waals surface area contributed by atoms with Crippen LogP contribution in [0.15, 0.2) is 72.9 Å². The zero-order chi connectivity index (χ0) is 27.5. The molecule has 0 aliphatic carbocycles. The van der Waals surface area contributed by atoms with E-state index in [-0.39, 0.29) is 36.8 Å². The number of nitrogens with zero attached hydrogens (tertiary/aromatic N) is 3. The van der Waals surface area contributed by atoms with Crippen LogP contribution >= 0.6 is 11.6 Å². The van der Waals surface area contributed by atoms with Crippen LogP contribution < -0.4 is 0 Å². The lowest BCUT2D eigenvalue weighted by atomic mass is 10.1. The van der Waals surface area contributed by atoms with E-state index in [1.165, 1.54) is 0 Å². The highest BCUT2D eigenvalue weighted by Crippen LogP contribution is 2.19. The number of aromatic nitrogens is 1. The van der Waals surface area contributed by atoms with Crippen LogP contribution in [-0.2, 0) is 34.0 Å². The first kappa shape index (κ1) is 29.5. The molecular weight excluding hydrogens is 498 g/mol. The number of hydrogen-bond donors (Lipinski definition) is 0. The van der Waals surface area contributed by atoms with Crippen molar-refractivity contribution in [2.45, 2.75) is 47.4 Å². The van der Waals surface area contributed by atoms with Crippen molar-refractivity contribution >= 4 is 23.4 Å². The molecule has 0 fully saturated rings. The lowest BCUT2D eigenvalue weighted by molar-refractivity contribution is -0.144. The van der Waals surface area contributed by atoms with Crippen molar-refractivity contribution in [2.75, 3.05) is 26.2 Å². The van der Waals surface area contributed by atoms with Gasteiger partial charge in [0, 0.05) is 36.5 Å². The third-order valence-electron chi connectivity index (χ3n) is 6.11. The monoisotopic (exact) mass is 537 g/mol. The second-order valence-electron chi connectivity index (χ2n) is 10.5. The Labute approximate surface area is 232 Å². The van der Waals surface area contributed by atoms with Gasteiger partial charge in [0.15, 0.2) is 0 Å². The Bertz CT molecular complexity index is 1160. The van der Waals surface area contributed by atoms with E-state index in [1.807, 2.05) is 91.7 Å². The molecule has 0 aliphatic rings. The molecule has 0 saturated carbocycles. The Kier molecular flexibility index (Phi) is 11.4. The Morgan fingerprint density at radius 1 is 0.842 bits per heavy atom. The number of rotatable bonds is 14. The summed E-state index contributed by atoms with van der Waals surface area (Å²) in [6, 6.07) is 21.6. The molecule has 3 rings (SSSR count). The maximum absolute atomic E-state index is 13.6. The number of amides is 2. The van der Waals surface area contributed by atoms with Crippen molar-refractivity contribution in [1.29, 1.82) is 0 Å². The number of benzene rings is 2. The van der Waals surface area contributed by atoms with Gasteiger partial charge in [-0.2, -0.15) is 0 Å². The van der Waals surface area contributed by atoms with Crippen LogP contribution in [0, 0.1) is 11.8 Å². The highest BCUT2D eigenvalue weighted by atomic mass is 35.5. The quantitative estimate of drug-likeness (QED) is 0.258. The summed E-state index contributed by atoms with van der Waals surface area (Å²) >= 11 is 6.39. The smallest absolute Gasteiger partial charge is 0.249 e. The van der Waals surface area contributed by atoms with Crippen molar-refractivity contribution in [2.24, 2.45) is 11.8 Å². The second-order valence-corrected chi connectivity index (χ2v) is 10.9. The standard InChI is InChI=1S/C31H40ClN3O3/c1-24(2)17-34(20-28-14-10-16-33(28)19-27-13-8-9-15-29(27)32)30(36)21-35(18-25(3)4)31(37)23-38-22-26-11-6-5-7-12-26/h5-16,24-25H,17-23H2,1-4H3. The van der Waals surface area contributed by atoms with Gasteiger partial charge in [-0.05, 0) is 41.2 Å². The van der Waals surface area contributed by atoms with E-state index in [2.05, 4.69) is 18.4 Å². The fourth-order valence-electron chi connectivity index (χ4n) is 4.33. The highest BCUT2D eigenvalue weighted by molar-refractivity contribution is 6.31. The number of ether oxygens (including phenoxy) is 1. The van der Waals surface area contributed by atoms with Gasteiger partial charge in [0.1, 0.15) is 6.61 Å². The summed E-state index contributed by atoms with van der Waals surface area (Å²) in [5.74, 6) is 0.275. The van der Waals surface area contributed by atoms with Gasteiger partial charge in [-0.15, -0.1) is 0 Å². The molecule has 0 spiro atoms. The first-order chi connectivity index (χ1) is 18.2. The average molecular weight is 538 g/mol. The molecule has 2 aromatic carbocycles. The zero-order valence-electron chi connectivity index (χ0n) is 23.0. The van der Waals surface area contributed by atoms with Gasteiger partial charge in [0.05, 0.1) is 19.7 Å². The summed E-state index contributed by atoms with van der Waals surface area (Å²) in [4.78, 5) is 30.1. The fourth-order valence-corrected chi connectivity index (χ4v) is 4.52. The molecule has 2 amide bonds. The fraction of sp³-hybridized carbons (Fsp3) is 0.419. The largest absolute Gasteiger partial charge is 0.367 e. The Morgan fingerprint density at radius 2 is 1.50 bits per heavy atom. The van der Waals surface area contributed by atoms with E-state index < -0.39 is 0 Å². The van der Waals surface area contributed by atoms with Crippen LogP contribution in [0.3, 0.4) is 0 Å². The minimum absolute atomic E-state index is 0.0314. The van der Waals surface area contributed by atoms with Crippen LogP contribution in [0.5, 0.6) is 0 Å². The minimum Gasteiger partial charge on any atom is -0.367 e. The van der Waals surface area contributed by atoms with Crippen molar-refractivity contribution < 1.29 is 14.3 Å². The first-order valence-corrected chi connectivity index (χ1v) is 13.6. The van der Waals surface area contributed by atoms with Gasteiger partial charge in [-0.25, -0.2) is 0 Å². The Balaban J connectivity index is 1.67. The molecule has 204 valence electrons. The SMILES string of the molecule is CC(C)CN(CC(=O)N(Cc1cccn1Cc1ccccc1Cl)CC(C)C)C(=O)COCc1ccccc1. The van der Waals surface area contributed by atoms with Crippen LogP contribution in [-0.4, -0.2) is 52.4 Å². The molecule has 6 nitrogen and oxygen atoms in total. The number of hydrogen-bond acceptors (Lipinski definition) is 3. The Hall–Kier alpha value is -3.09. The van der Waals surface area contributed by atoms with Crippen molar-refractivity contribution in [1.82, 2.24) is 14.4 Å². The molecule has 0 bridgehead atoms. The number of halogens is 1. The van der Waals surface area contributed by atoms with Crippen molar-refractivity contribution in [3.63, 3.8) is 0 Å². The molecule has 0 saturated heterocycles. The molecule has 0 N–H and O–H groups in total. The molecule has 0 radical (unpaired) electrons. The zero-order valence-corrected chi connectivity index (χ0v) is 23.7. The molecule has 1 heterocycles. The summed E-state index contributed by atoms with van der Waals surface area (Å²) in [5.41, 5.74) is 3.05. The van der Waals surface area contributed by atoms with E-state index >= 15 is 0 Å². The van der Waals surface area contributed by atoms with E-state index in [1.54, 1.807) is 4.90 Å². The normalized spacial score (nSPS) is 11.2. The lowest BCUT2D eigenvalue weighted by Crippen LogP contribution is -2.46. The number of carbonyl (C=O) groups excluding carboxylic acids is 2. The summed E-state index contributed by atoms with van der Waals surface area (Å²) in [6.07, 6.45) is 2.01. The van der Waals surface area contributed by atoms with Crippen LogP contribution in [0.4, 0.5) is 0 Å². The predicted molar refractivity (Wildman–Crippen MR) is 153 cm³/mol. The van der Waals surface area contributed by atoms with E-state index in [0.29, 0.717) is 32.8 Å². The molecule has 0 atom stereocenters. The second kappa shape index (κ2) is 14.7. The maximum atomic E-state index is 13.6. The molecule has 1 aromatic heterocycles. The van der Waals surface area contributed by atoms with Crippen LogP contribution in [0.25, 0.3) is 0 Å². The summed E-state index contributed by atoms with van der Waals surface area (Å²) in [7, 11) is 0. The topological polar surface area (TPSA) is 54.8 Å². The van der Waals surface area contributed by atoms with E-state index in [4.69, 9.17) is 16.3 Å². The molecule has 38 heavy (non-hydrogen) atoms. The molecule has 0 unspecified atom stereocenters. The molecule has 3 aromatic rings. The van der Waals surface area contributed by atoms with Crippen LogP contribution in [0.1, 0.15) is 44.5 Å². The summed E-state index contributed by atoms with van der Waals surface area (Å²) in [5, 5.41) is 0.722. The number of carbonyl (C=O) groups is 2. The third-order valence-corrected chi connectivity index (χ3v) is 6.48. The Morgan fingerprint density at radius 3 is 2.18 bits per heavy atom. The van der Waals surface area contributed by atoms with Gasteiger partial charge in [0.2, 0.25) is 11.8 Å². The lowest BCUT2D eigenvalue weighted by Gasteiger charge is -2.30. The predicted octanol–water partition coefficient (Wildman–Crippen LogP) is 5.88. The van der Waals surface area contributed by atoms with Crippen molar-refractivity contribution in [3.05, 3.63) is 94.8 Å². The third kappa shape index (κ3) is 9.34. The van der Waals surface area contributed by atoms with Gasteiger partial charge in [-0.1, -0.05) is 87.8 Å². The van der Waals surface area contributed by atoms with Crippen LogP contribution in [0.2, 0.25) is 5.02 Å². The van der Waals surface area contributed by atoms with Gasteiger partial charge < -0.3 is 19.1 Å². The molecule has 0 aliphatic heterocycles. The average Bonchev–Trinajstić information content (AvgIpc) is 3.31. The van der Waals surface area contributed by atoms with Gasteiger partial charge >= 0.3 is 0 Å². The van der Waals surface area contributed by atoms with Gasteiger partial charge in [-0.3, -0.25) is 9.59 Å². The van der Waals surface area contributed by atoms with Crippen molar-refractivity contribution in [3.8, 4) is 0 Å². The van der Waals surface area contributed by atoms with E-state index in [0.717, 1.165) is 21.8 Å². The summed E-state index contributed by atoms with van der Waals surface area (Å²) in [6.45, 7) is 10.8. The first-order valence-electron chi connectivity index (χ1n) is 13.3. The molecular formula is C31H40ClN3O3. The maximum Gasteiger partial charge on any atom is 0.249 e. The van der Waals surface area contributed by atoms with Gasteiger partial charge in [0.25, 0.3) is 0 Å².